The highest BCUT2D eigenvalue weighted by atomic mass is 19.1. The van der Waals surface area contributed by atoms with E-state index in [1.165, 1.54) is 7.05 Å². The average molecular weight is 144 g/mol. The number of carbonyl (C=O) groups excluding carboxylic acids is 2. The topological polar surface area (TPSA) is 49.7 Å². The van der Waals surface area contributed by atoms with Gasteiger partial charge in [0.25, 0.3) is 5.91 Å². The fourth-order valence-corrected chi connectivity index (χ4v) is 0.559. The third kappa shape index (κ3) is 0.896. The molecular formula is C5H5FN2O2. The number of nitrogens with zero attached hydrogens (tertiary/aromatic N) is 2. The first-order chi connectivity index (χ1) is 4.63. The van der Waals surface area contributed by atoms with Crippen LogP contribution in [0, 0.1) is 0 Å². The number of aliphatic imine (C=N–C) groups is 1. The molecule has 0 aromatic rings. The summed E-state index contributed by atoms with van der Waals surface area (Å²) in [7, 11) is 1.19. The number of imide groups is 1. The molecule has 0 aromatic carbocycles. The van der Waals surface area contributed by atoms with Gasteiger partial charge in [-0.15, -0.1) is 0 Å². The number of alkyl halides is 1. The largest absolute Gasteiger partial charge is 0.349 e. The summed E-state index contributed by atoms with van der Waals surface area (Å²) in [5.41, 5.74) is 0. The van der Waals surface area contributed by atoms with Gasteiger partial charge in [0, 0.05) is 7.05 Å². The standard InChI is InChI=1S/C5H5FN2O2/c1-8-4(9)3(6)2-7-5(8)10/h2-3H,1H3. The van der Waals surface area contributed by atoms with Crippen LogP contribution in [0.15, 0.2) is 4.99 Å². The lowest BCUT2D eigenvalue weighted by molar-refractivity contribution is -0.130. The molecule has 1 aliphatic heterocycles. The van der Waals surface area contributed by atoms with Crippen molar-refractivity contribution in [2.75, 3.05) is 7.05 Å². The SMILES string of the molecule is CN1C(=O)N=CC(F)C1=O. The minimum absolute atomic E-state index is 0.644. The van der Waals surface area contributed by atoms with Crippen LogP contribution in [0.5, 0.6) is 0 Å². The normalized spacial score (nSPS) is 25.8. The smallest absolute Gasteiger partial charge is 0.271 e. The van der Waals surface area contributed by atoms with Crippen LogP contribution in [0.1, 0.15) is 0 Å². The number of hydrogen-bond acceptors (Lipinski definition) is 2. The summed E-state index contributed by atoms with van der Waals surface area (Å²) >= 11 is 0. The molecular weight excluding hydrogens is 139 g/mol. The molecule has 5 heteroatoms. The quantitative estimate of drug-likeness (QED) is 0.480. The molecule has 1 aliphatic rings. The Kier molecular flexibility index (Phi) is 1.48. The van der Waals surface area contributed by atoms with Crippen LogP contribution in [0.3, 0.4) is 0 Å². The molecule has 3 amide bonds. The Hall–Kier alpha value is -1.26. The highest BCUT2D eigenvalue weighted by molar-refractivity contribution is 6.10. The van der Waals surface area contributed by atoms with Crippen LogP contribution in [-0.4, -0.2) is 36.3 Å². The van der Waals surface area contributed by atoms with Crippen molar-refractivity contribution in [1.29, 1.82) is 0 Å². The molecule has 4 nitrogen and oxygen atoms in total. The zero-order valence-electron chi connectivity index (χ0n) is 5.24. The average Bonchev–Trinajstić information content (AvgIpc) is 1.93. The molecule has 0 aromatic heterocycles. The van der Waals surface area contributed by atoms with Crippen LogP contribution in [0.2, 0.25) is 0 Å². The molecule has 0 radical (unpaired) electrons. The maximum Gasteiger partial charge on any atom is 0.349 e. The van der Waals surface area contributed by atoms with Crippen LogP contribution >= 0.6 is 0 Å². The maximum atomic E-state index is 12.3. The Balaban J connectivity index is 2.89. The minimum atomic E-state index is -1.76. The van der Waals surface area contributed by atoms with Crippen LogP contribution in [0.25, 0.3) is 0 Å². The predicted molar refractivity (Wildman–Crippen MR) is 31.6 cm³/mol. The molecule has 0 N–H and O–H groups in total. The fraction of sp³-hybridized carbons (Fsp3) is 0.400. The fourth-order valence-electron chi connectivity index (χ4n) is 0.559. The monoisotopic (exact) mass is 144 g/mol. The van der Waals surface area contributed by atoms with Crippen LogP contribution in [-0.2, 0) is 4.79 Å². The predicted octanol–water partition coefficient (Wildman–Crippen LogP) is -0.0127. The van der Waals surface area contributed by atoms with Gasteiger partial charge in [-0.25, -0.2) is 14.2 Å². The van der Waals surface area contributed by atoms with Gasteiger partial charge in [0.1, 0.15) is 0 Å². The number of halogens is 1. The van der Waals surface area contributed by atoms with Gasteiger partial charge in [0.2, 0.25) is 6.17 Å². The molecule has 0 bridgehead atoms. The Bertz CT molecular complexity index is 214. The second kappa shape index (κ2) is 2.17. The van der Waals surface area contributed by atoms with Gasteiger partial charge in [-0.05, 0) is 0 Å². The van der Waals surface area contributed by atoms with Gasteiger partial charge < -0.3 is 0 Å². The van der Waals surface area contributed by atoms with Gasteiger partial charge in [0.15, 0.2) is 0 Å². The summed E-state index contributed by atoms with van der Waals surface area (Å²) in [6.07, 6.45) is -1.06. The summed E-state index contributed by atoms with van der Waals surface area (Å²) in [5.74, 6) is -0.861. The van der Waals surface area contributed by atoms with E-state index in [4.69, 9.17) is 0 Å². The first kappa shape index (κ1) is 6.85. The molecule has 54 valence electrons. The molecule has 0 fully saturated rings. The number of amides is 3. The van der Waals surface area contributed by atoms with E-state index in [-0.39, 0.29) is 0 Å². The van der Waals surface area contributed by atoms with E-state index in [2.05, 4.69) is 4.99 Å². The van der Waals surface area contributed by atoms with Crippen molar-refractivity contribution >= 4 is 18.2 Å². The van der Waals surface area contributed by atoms with Crippen molar-refractivity contribution in [2.24, 2.45) is 4.99 Å². The summed E-state index contributed by atoms with van der Waals surface area (Å²) < 4.78 is 12.3. The Morgan fingerprint density at radius 2 is 2.30 bits per heavy atom. The van der Waals surface area contributed by atoms with E-state index in [0.29, 0.717) is 11.1 Å². The number of urea groups is 1. The Morgan fingerprint density at radius 1 is 1.70 bits per heavy atom. The lowest BCUT2D eigenvalue weighted by Crippen LogP contribution is -2.41. The third-order valence-corrected chi connectivity index (χ3v) is 1.17. The van der Waals surface area contributed by atoms with Crippen molar-refractivity contribution < 1.29 is 14.0 Å². The van der Waals surface area contributed by atoms with Gasteiger partial charge in [-0.2, -0.15) is 0 Å². The Labute approximate surface area is 56.3 Å². The van der Waals surface area contributed by atoms with Crippen LogP contribution in [0.4, 0.5) is 9.18 Å². The van der Waals surface area contributed by atoms with Gasteiger partial charge >= 0.3 is 6.03 Å². The van der Waals surface area contributed by atoms with Gasteiger partial charge in [0.05, 0.1) is 6.21 Å². The summed E-state index contributed by atoms with van der Waals surface area (Å²) in [6.45, 7) is 0. The summed E-state index contributed by atoms with van der Waals surface area (Å²) in [5, 5.41) is 0. The van der Waals surface area contributed by atoms with E-state index >= 15 is 0 Å². The minimum Gasteiger partial charge on any atom is -0.271 e. The molecule has 0 aliphatic carbocycles. The molecule has 1 unspecified atom stereocenters. The van der Waals surface area contributed by atoms with Crippen molar-refractivity contribution in [3.63, 3.8) is 0 Å². The molecule has 0 spiro atoms. The summed E-state index contributed by atoms with van der Waals surface area (Å²) in [4.78, 5) is 24.8. The van der Waals surface area contributed by atoms with Crippen molar-refractivity contribution in [2.45, 2.75) is 6.17 Å². The molecule has 0 saturated heterocycles. The van der Waals surface area contributed by atoms with E-state index < -0.39 is 18.1 Å². The second-order valence-electron chi connectivity index (χ2n) is 1.86. The molecule has 1 atom stereocenters. The Morgan fingerprint density at radius 3 is 2.80 bits per heavy atom. The zero-order chi connectivity index (χ0) is 7.72. The van der Waals surface area contributed by atoms with Crippen molar-refractivity contribution in [1.82, 2.24) is 4.90 Å². The third-order valence-electron chi connectivity index (χ3n) is 1.17. The van der Waals surface area contributed by atoms with Crippen LogP contribution < -0.4 is 0 Å². The maximum absolute atomic E-state index is 12.3. The van der Waals surface area contributed by atoms with E-state index in [0.717, 1.165) is 0 Å². The molecule has 1 heterocycles. The first-order valence-electron chi connectivity index (χ1n) is 2.62. The highest BCUT2D eigenvalue weighted by Gasteiger charge is 2.28. The molecule has 1 rings (SSSR count). The van der Waals surface area contributed by atoms with E-state index in [1.807, 2.05) is 0 Å². The lowest BCUT2D eigenvalue weighted by Gasteiger charge is -2.16. The van der Waals surface area contributed by atoms with E-state index in [1.54, 1.807) is 0 Å². The molecule has 10 heavy (non-hydrogen) atoms. The lowest BCUT2D eigenvalue weighted by atomic mass is 10.3. The van der Waals surface area contributed by atoms with Crippen molar-refractivity contribution in [3.05, 3.63) is 0 Å². The highest BCUT2D eigenvalue weighted by Crippen LogP contribution is 2.02. The number of carbonyl (C=O) groups is 2. The zero-order valence-corrected chi connectivity index (χ0v) is 5.24. The summed E-state index contributed by atoms with van der Waals surface area (Å²) in [6, 6.07) is -0.723. The van der Waals surface area contributed by atoms with Gasteiger partial charge in [-0.3, -0.25) is 9.69 Å². The van der Waals surface area contributed by atoms with Gasteiger partial charge in [-0.1, -0.05) is 0 Å². The second-order valence-corrected chi connectivity index (χ2v) is 1.86. The van der Waals surface area contributed by atoms with Crippen molar-refractivity contribution in [3.8, 4) is 0 Å². The number of hydrogen-bond donors (Lipinski definition) is 0. The molecule has 0 saturated carbocycles. The first-order valence-corrected chi connectivity index (χ1v) is 2.62. The van der Waals surface area contributed by atoms with E-state index in [9.17, 15) is 14.0 Å². The number of rotatable bonds is 0.